The van der Waals surface area contributed by atoms with Crippen molar-refractivity contribution < 1.29 is 4.74 Å². The van der Waals surface area contributed by atoms with E-state index in [4.69, 9.17) is 10.5 Å². The predicted molar refractivity (Wildman–Crippen MR) is 51.1 cm³/mol. The molecule has 1 rings (SSSR count). The van der Waals surface area contributed by atoms with Crippen molar-refractivity contribution in [1.29, 1.82) is 0 Å². The summed E-state index contributed by atoms with van der Waals surface area (Å²) in [5, 5.41) is 0. The summed E-state index contributed by atoms with van der Waals surface area (Å²) in [5.41, 5.74) is 6.03. The van der Waals surface area contributed by atoms with Gasteiger partial charge in [0.1, 0.15) is 0 Å². The second-order valence-corrected chi connectivity index (χ2v) is 3.94. The Morgan fingerprint density at radius 3 is 2.67 bits per heavy atom. The van der Waals surface area contributed by atoms with Crippen LogP contribution in [0.2, 0.25) is 0 Å². The lowest BCUT2D eigenvalue weighted by atomic mass is 10.0. The van der Waals surface area contributed by atoms with Crippen LogP contribution in [-0.4, -0.2) is 19.8 Å². The first-order valence-electron chi connectivity index (χ1n) is 5.11. The third-order valence-corrected chi connectivity index (χ3v) is 2.68. The van der Waals surface area contributed by atoms with E-state index in [0.717, 1.165) is 26.2 Å². The first-order chi connectivity index (χ1) is 5.83. The second kappa shape index (κ2) is 4.83. The fraction of sp³-hybridized carbons (Fsp3) is 1.00. The Kier molecular flexibility index (Phi) is 4.02. The highest BCUT2D eigenvalue weighted by molar-refractivity contribution is 4.92. The van der Waals surface area contributed by atoms with Crippen LogP contribution in [0.4, 0.5) is 0 Å². The van der Waals surface area contributed by atoms with Gasteiger partial charge < -0.3 is 10.5 Å². The molecule has 72 valence electrons. The van der Waals surface area contributed by atoms with Gasteiger partial charge in [-0.15, -0.1) is 0 Å². The van der Waals surface area contributed by atoms with Crippen LogP contribution in [0, 0.1) is 5.41 Å². The Labute approximate surface area is 75.5 Å². The van der Waals surface area contributed by atoms with Crippen LogP contribution in [0.5, 0.6) is 0 Å². The van der Waals surface area contributed by atoms with Crippen molar-refractivity contribution in [1.82, 2.24) is 0 Å². The van der Waals surface area contributed by atoms with Crippen molar-refractivity contribution >= 4 is 0 Å². The summed E-state index contributed by atoms with van der Waals surface area (Å²) in [7, 11) is 0. The first-order valence-corrected chi connectivity index (χ1v) is 5.11. The van der Waals surface area contributed by atoms with Crippen LogP contribution < -0.4 is 5.73 Å². The smallest absolute Gasteiger partial charge is 0.0522 e. The molecule has 0 amide bonds. The molecule has 0 bridgehead atoms. The molecule has 0 aromatic rings. The van der Waals surface area contributed by atoms with Crippen molar-refractivity contribution in [3.05, 3.63) is 0 Å². The maximum Gasteiger partial charge on any atom is 0.0522 e. The Morgan fingerprint density at radius 2 is 2.17 bits per heavy atom. The Bertz CT molecular complexity index is 121. The lowest BCUT2D eigenvalue weighted by Gasteiger charge is -2.13. The zero-order valence-corrected chi connectivity index (χ0v) is 8.14. The van der Waals surface area contributed by atoms with Crippen molar-refractivity contribution in [3.8, 4) is 0 Å². The van der Waals surface area contributed by atoms with Gasteiger partial charge in [-0.1, -0.05) is 13.3 Å². The van der Waals surface area contributed by atoms with Crippen LogP contribution in [0.3, 0.4) is 0 Å². The van der Waals surface area contributed by atoms with Gasteiger partial charge in [-0.25, -0.2) is 0 Å². The van der Waals surface area contributed by atoms with E-state index >= 15 is 0 Å². The summed E-state index contributed by atoms with van der Waals surface area (Å²) in [6, 6.07) is 0. The second-order valence-electron chi connectivity index (χ2n) is 3.94. The maximum absolute atomic E-state index is 5.60. The van der Waals surface area contributed by atoms with Crippen LogP contribution in [0.15, 0.2) is 0 Å². The van der Waals surface area contributed by atoms with Crippen molar-refractivity contribution in [3.63, 3.8) is 0 Å². The minimum absolute atomic E-state index is 0.502. The monoisotopic (exact) mass is 171 g/mol. The van der Waals surface area contributed by atoms with Gasteiger partial charge in [-0.05, 0) is 37.6 Å². The van der Waals surface area contributed by atoms with Crippen LogP contribution in [0.1, 0.15) is 39.0 Å². The molecule has 2 nitrogen and oxygen atoms in total. The number of ether oxygens (including phenoxy) is 1. The molecule has 1 aliphatic rings. The SMILES string of the molecule is CCCCOCC1(CCN)CC1. The zero-order valence-electron chi connectivity index (χ0n) is 8.14. The lowest BCUT2D eigenvalue weighted by molar-refractivity contribution is 0.0855. The molecule has 0 aromatic heterocycles. The molecular formula is C10H21NO. The molecule has 12 heavy (non-hydrogen) atoms. The van der Waals surface area contributed by atoms with E-state index in [1.807, 2.05) is 0 Å². The van der Waals surface area contributed by atoms with Gasteiger partial charge in [-0.3, -0.25) is 0 Å². The zero-order chi connectivity index (χ0) is 8.86. The quantitative estimate of drug-likeness (QED) is 0.594. The summed E-state index contributed by atoms with van der Waals surface area (Å²) in [6.45, 7) is 4.89. The summed E-state index contributed by atoms with van der Waals surface area (Å²) < 4.78 is 5.60. The minimum Gasteiger partial charge on any atom is -0.381 e. The average molecular weight is 171 g/mol. The molecule has 0 spiro atoms. The Hall–Kier alpha value is -0.0800. The van der Waals surface area contributed by atoms with Gasteiger partial charge in [0.2, 0.25) is 0 Å². The van der Waals surface area contributed by atoms with Crippen molar-refractivity contribution in [2.45, 2.75) is 39.0 Å². The number of nitrogens with two attached hydrogens (primary N) is 1. The molecule has 0 aliphatic heterocycles. The van der Waals surface area contributed by atoms with Gasteiger partial charge in [0.15, 0.2) is 0 Å². The van der Waals surface area contributed by atoms with E-state index < -0.39 is 0 Å². The van der Waals surface area contributed by atoms with E-state index in [0.29, 0.717) is 5.41 Å². The summed E-state index contributed by atoms with van der Waals surface area (Å²) in [4.78, 5) is 0. The molecule has 2 heteroatoms. The van der Waals surface area contributed by atoms with Crippen LogP contribution in [0.25, 0.3) is 0 Å². The average Bonchev–Trinajstić information content (AvgIpc) is 2.81. The fourth-order valence-corrected chi connectivity index (χ4v) is 1.48. The Morgan fingerprint density at radius 1 is 1.42 bits per heavy atom. The number of hydrogen-bond donors (Lipinski definition) is 1. The molecule has 0 heterocycles. The molecule has 0 radical (unpaired) electrons. The maximum atomic E-state index is 5.60. The Balaban J connectivity index is 1.98. The topological polar surface area (TPSA) is 35.2 Å². The van der Waals surface area contributed by atoms with E-state index in [1.54, 1.807) is 0 Å². The summed E-state index contributed by atoms with van der Waals surface area (Å²) in [5.74, 6) is 0. The number of hydrogen-bond acceptors (Lipinski definition) is 2. The molecule has 0 atom stereocenters. The highest BCUT2D eigenvalue weighted by atomic mass is 16.5. The van der Waals surface area contributed by atoms with Crippen LogP contribution >= 0.6 is 0 Å². The standard InChI is InChI=1S/C10H21NO/c1-2-3-8-12-9-10(4-5-10)6-7-11/h2-9,11H2,1H3. The van der Waals surface area contributed by atoms with E-state index in [9.17, 15) is 0 Å². The normalized spacial score (nSPS) is 19.5. The van der Waals surface area contributed by atoms with Gasteiger partial charge in [0.25, 0.3) is 0 Å². The van der Waals surface area contributed by atoms with E-state index in [2.05, 4.69) is 6.92 Å². The third kappa shape index (κ3) is 3.11. The highest BCUT2D eigenvalue weighted by Gasteiger charge is 2.41. The molecule has 2 N–H and O–H groups in total. The highest BCUT2D eigenvalue weighted by Crippen LogP contribution is 2.48. The molecule has 0 aromatic carbocycles. The van der Waals surface area contributed by atoms with Gasteiger partial charge in [-0.2, -0.15) is 0 Å². The molecule has 0 unspecified atom stereocenters. The van der Waals surface area contributed by atoms with Gasteiger partial charge in [0, 0.05) is 6.61 Å². The molecule has 0 saturated heterocycles. The molecular weight excluding hydrogens is 150 g/mol. The minimum atomic E-state index is 0.502. The molecule has 1 saturated carbocycles. The lowest BCUT2D eigenvalue weighted by Crippen LogP contribution is -2.15. The van der Waals surface area contributed by atoms with E-state index in [-0.39, 0.29) is 0 Å². The van der Waals surface area contributed by atoms with Crippen molar-refractivity contribution in [2.75, 3.05) is 19.8 Å². The largest absolute Gasteiger partial charge is 0.381 e. The third-order valence-electron chi connectivity index (χ3n) is 2.68. The van der Waals surface area contributed by atoms with Crippen LogP contribution in [-0.2, 0) is 4.74 Å². The number of rotatable bonds is 7. The van der Waals surface area contributed by atoms with Gasteiger partial charge >= 0.3 is 0 Å². The van der Waals surface area contributed by atoms with Gasteiger partial charge in [0.05, 0.1) is 6.61 Å². The molecule has 1 fully saturated rings. The first kappa shape index (κ1) is 10.0. The summed E-state index contributed by atoms with van der Waals surface area (Å²) >= 11 is 0. The number of unbranched alkanes of at least 4 members (excludes halogenated alkanes) is 1. The van der Waals surface area contributed by atoms with Crippen molar-refractivity contribution in [2.24, 2.45) is 11.1 Å². The predicted octanol–water partition coefficient (Wildman–Crippen LogP) is 1.93. The van der Waals surface area contributed by atoms with E-state index in [1.165, 1.54) is 25.7 Å². The molecule has 1 aliphatic carbocycles. The fourth-order valence-electron chi connectivity index (χ4n) is 1.48. The summed E-state index contributed by atoms with van der Waals surface area (Å²) in [6.07, 6.45) is 6.23.